The Morgan fingerprint density at radius 1 is 1.23 bits per heavy atom. The van der Waals surface area contributed by atoms with Gasteiger partial charge in [-0.2, -0.15) is 0 Å². The standard InChI is InChI=1S/C25H27F2N3O4S/c1-14-9-19-24(28-14)20(11-16(29-19)12-21(31)17-13-25(17,26)27)30-18-7-6-15(10-23(18)35(2,32)33)22-5-3-4-8-34-22/h6-7,10-11,17,22H,3-5,8-9,12-13H2,1-2H3,(H,29,30)/t17?,22-/m0/s1. The average molecular weight is 504 g/mol. The fourth-order valence-corrected chi connectivity index (χ4v) is 5.59. The minimum absolute atomic E-state index is 0.128. The van der Waals surface area contributed by atoms with Gasteiger partial charge in [-0.1, -0.05) is 6.07 Å². The summed E-state index contributed by atoms with van der Waals surface area (Å²) < 4.78 is 57.9. The van der Waals surface area contributed by atoms with Crippen LogP contribution in [0.2, 0.25) is 0 Å². The molecular weight excluding hydrogens is 476 g/mol. The molecule has 3 heterocycles. The molecule has 2 fully saturated rings. The fourth-order valence-electron chi connectivity index (χ4n) is 4.72. The van der Waals surface area contributed by atoms with Gasteiger partial charge in [0.15, 0.2) is 9.84 Å². The van der Waals surface area contributed by atoms with Gasteiger partial charge in [0.2, 0.25) is 0 Å². The highest BCUT2D eigenvalue weighted by molar-refractivity contribution is 7.90. The van der Waals surface area contributed by atoms with Crippen molar-refractivity contribution in [2.75, 3.05) is 18.2 Å². The van der Waals surface area contributed by atoms with E-state index in [2.05, 4.69) is 15.3 Å². The van der Waals surface area contributed by atoms with Crippen molar-refractivity contribution in [1.29, 1.82) is 0 Å². The summed E-state index contributed by atoms with van der Waals surface area (Å²) in [6.45, 7) is 2.50. The molecule has 186 valence electrons. The molecule has 1 unspecified atom stereocenters. The van der Waals surface area contributed by atoms with Crippen LogP contribution in [0.3, 0.4) is 0 Å². The lowest BCUT2D eigenvalue weighted by Crippen LogP contribution is -2.13. The van der Waals surface area contributed by atoms with Crippen LogP contribution in [-0.2, 0) is 32.2 Å². The van der Waals surface area contributed by atoms with E-state index in [-0.39, 0.29) is 17.4 Å². The number of hydrogen-bond acceptors (Lipinski definition) is 7. The Labute approximate surface area is 202 Å². The zero-order valence-corrected chi connectivity index (χ0v) is 20.4. The number of ketones is 1. The Kier molecular flexibility index (Phi) is 5.99. The van der Waals surface area contributed by atoms with E-state index >= 15 is 0 Å². The maximum Gasteiger partial charge on any atom is 0.258 e. The third-order valence-electron chi connectivity index (χ3n) is 6.64. The van der Waals surface area contributed by atoms with Crippen LogP contribution in [0.4, 0.5) is 25.8 Å². The maximum absolute atomic E-state index is 13.4. The van der Waals surface area contributed by atoms with Gasteiger partial charge in [0.05, 0.1) is 39.7 Å². The number of halogens is 2. The van der Waals surface area contributed by atoms with Crippen LogP contribution in [0, 0.1) is 5.92 Å². The molecule has 1 saturated heterocycles. The average Bonchev–Trinajstić information content (AvgIpc) is 3.27. The predicted octanol–water partition coefficient (Wildman–Crippen LogP) is 4.89. The minimum atomic E-state index is -3.59. The van der Waals surface area contributed by atoms with E-state index in [1.165, 1.54) is 0 Å². The van der Waals surface area contributed by atoms with Gasteiger partial charge in [-0.15, -0.1) is 0 Å². The topological polar surface area (TPSA) is 97.7 Å². The molecule has 1 aromatic carbocycles. The maximum atomic E-state index is 13.4. The Hall–Kier alpha value is -2.72. The molecule has 1 saturated carbocycles. The summed E-state index contributed by atoms with van der Waals surface area (Å²) >= 11 is 0. The summed E-state index contributed by atoms with van der Waals surface area (Å²) in [6, 6.07) is 6.80. The number of aromatic nitrogens is 1. The number of carbonyl (C=O) groups excluding carboxylic acids is 1. The molecule has 1 aromatic heterocycles. The fraction of sp³-hybridized carbons (Fsp3) is 0.480. The van der Waals surface area contributed by atoms with Crippen molar-refractivity contribution >= 4 is 38.4 Å². The number of anilines is 2. The largest absolute Gasteiger partial charge is 0.374 e. The van der Waals surface area contributed by atoms with E-state index in [9.17, 15) is 22.0 Å². The highest BCUT2D eigenvalue weighted by Crippen LogP contribution is 2.49. The summed E-state index contributed by atoms with van der Waals surface area (Å²) in [6.07, 6.45) is 3.70. The molecule has 3 aliphatic rings. The smallest absolute Gasteiger partial charge is 0.258 e. The molecule has 1 aliphatic carbocycles. The normalized spacial score (nSPS) is 22.9. The lowest BCUT2D eigenvalue weighted by molar-refractivity contribution is -0.121. The number of rotatable bonds is 7. The summed E-state index contributed by atoms with van der Waals surface area (Å²) in [4.78, 5) is 21.5. The van der Waals surface area contributed by atoms with Crippen LogP contribution >= 0.6 is 0 Å². The number of ether oxygens (including phenoxy) is 1. The monoisotopic (exact) mass is 503 g/mol. The van der Waals surface area contributed by atoms with Crippen molar-refractivity contribution in [3.63, 3.8) is 0 Å². The SMILES string of the molecule is CC1=Nc2c(Nc3ccc([C@@H]4CCCCO4)cc3S(C)(=O)=O)cc(CC(=O)C3CC3(F)F)nc2C1. The highest BCUT2D eigenvalue weighted by atomic mass is 32.2. The van der Waals surface area contributed by atoms with Crippen LogP contribution in [-0.4, -0.2) is 43.7 Å². The molecule has 0 bridgehead atoms. The number of alkyl halides is 2. The zero-order chi connectivity index (χ0) is 25.0. The van der Waals surface area contributed by atoms with Gasteiger partial charge in [-0.3, -0.25) is 14.8 Å². The number of nitrogens with one attached hydrogen (secondary N) is 1. The molecule has 2 aliphatic heterocycles. The van der Waals surface area contributed by atoms with Crippen molar-refractivity contribution in [3.8, 4) is 0 Å². The molecule has 35 heavy (non-hydrogen) atoms. The molecule has 0 amide bonds. The lowest BCUT2D eigenvalue weighted by Gasteiger charge is -2.24. The molecule has 0 radical (unpaired) electrons. The number of nitrogens with zero attached hydrogens (tertiary/aromatic N) is 2. The second-order valence-electron chi connectivity index (χ2n) is 9.65. The number of fused-ring (bicyclic) bond motifs is 1. The van der Waals surface area contributed by atoms with Crippen molar-refractivity contribution < 1.29 is 26.7 Å². The Morgan fingerprint density at radius 2 is 2.00 bits per heavy atom. The number of sulfone groups is 1. The van der Waals surface area contributed by atoms with Crippen molar-refractivity contribution in [1.82, 2.24) is 4.98 Å². The lowest BCUT2D eigenvalue weighted by atomic mass is 10.0. The number of aliphatic imine (C=N–C) groups is 1. The quantitative estimate of drug-likeness (QED) is 0.578. The molecule has 7 nitrogen and oxygen atoms in total. The van der Waals surface area contributed by atoms with Gasteiger partial charge >= 0.3 is 0 Å². The van der Waals surface area contributed by atoms with Gasteiger partial charge in [0, 0.05) is 37.8 Å². The summed E-state index contributed by atoms with van der Waals surface area (Å²) in [5.41, 5.74) is 4.04. The second-order valence-corrected chi connectivity index (χ2v) is 11.6. The minimum Gasteiger partial charge on any atom is -0.374 e. The van der Waals surface area contributed by atoms with E-state index in [0.29, 0.717) is 41.5 Å². The van der Waals surface area contributed by atoms with Crippen LogP contribution in [0.1, 0.15) is 55.7 Å². The number of carbonyl (C=O) groups is 1. The van der Waals surface area contributed by atoms with Gasteiger partial charge in [-0.25, -0.2) is 17.2 Å². The second kappa shape index (κ2) is 8.74. The zero-order valence-electron chi connectivity index (χ0n) is 19.6. The van der Waals surface area contributed by atoms with E-state index in [0.717, 1.165) is 36.8 Å². The Morgan fingerprint density at radius 3 is 2.66 bits per heavy atom. The summed E-state index contributed by atoms with van der Waals surface area (Å²) in [7, 11) is -3.59. The molecule has 2 atom stereocenters. The van der Waals surface area contributed by atoms with E-state index in [1.54, 1.807) is 18.2 Å². The van der Waals surface area contributed by atoms with E-state index < -0.39 is 33.9 Å². The third-order valence-corrected chi connectivity index (χ3v) is 7.78. The summed E-state index contributed by atoms with van der Waals surface area (Å²) in [5.74, 6) is -4.72. The van der Waals surface area contributed by atoms with Gasteiger partial charge in [0.25, 0.3) is 5.92 Å². The molecule has 5 rings (SSSR count). The Bertz CT molecular complexity index is 1330. The van der Waals surface area contributed by atoms with Gasteiger partial charge < -0.3 is 10.1 Å². The first-order valence-corrected chi connectivity index (χ1v) is 13.6. The third kappa shape index (κ3) is 4.99. The van der Waals surface area contributed by atoms with E-state index in [1.807, 2.05) is 13.0 Å². The van der Waals surface area contributed by atoms with Gasteiger partial charge in [0.1, 0.15) is 11.5 Å². The van der Waals surface area contributed by atoms with Crippen LogP contribution < -0.4 is 5.32 Å². The van der Waals surface area contributed by atoms with Crippen LogP contribution in [0.15, 0.2) is 34.2 Å². The van der Waals surface area contributed by atoms with Crippen molar-refractivity contribution in [2.45, 2.75) is 62.4 Å². The summed E-state index contributed by atoms with van der Waals surface area (Å²) in [5, 5.41) is 3.18. The highest BCUT2D eigenvalue weighted by Gasteiger charge is 2.60. The molecule has 10 heteroatoms. The molecule has 2 aromatic rings. The number of benzene rings is 1. The first-order valence-electron chi connectivity index (χ1n) is 11.7. The number of hydrogen-bond donors (Lipinski definition) is 1. The first kappa shape index (κ1) is 24.0. The molecular formula is C25H27F2N3O4S. The Balaban J connectivity index is 1.49. The molecule has 0 spiro atoms. The van der Waals surface area contributed by atoms with Crippen LogP contribution in [0.25, 0.3) is 0 Å². The molecule has 1 N–H and O–H groups in total. The first-order chi connectivity index (χ1) is 16.5. The predicted molar refractivity (Wildman–Crippen MR) is 128 cm³/mol. The van der Waals surface area contributed by atoms with E-state index in [4.69, 9.17) is 4.74 Å². The van der Waals surface area contributed by atoms with Crippen LogP contribution in [0.5, 0.6) is 0 Å². The van der Waals surface area contributed by atoms with Crippen molar-refractivity contribution in [3.05, 3.63) is 41.2 Å². The van der Waals surface area contributed by atoms with Crippen molar-refractivity contribution in [2.24, 2.45) is 10.9 Å². The number of pyridine rings is 1. The van der Waals surface area contributed by atoms with Gasteiger partial charge in [-0.05, 0) is 49.9 Å². The number of Topliss-reactive ketones (excluding diaryl/α,β-unsaturated/α-hetero) is 1.